The SMILES string of the molecule is CNCc1cnc(N2CCCOCC2)s1. The van der Waals surface area contributed by atoms with Crippen LogP contribution in [0.4, 0.5) is 5.13 Å². The van der Waals surface area contributed by atoms with E-state index >= 15 is 0 Å². The maximum atomic E-state index is 5.42. The lowest BCUT2D eigenvalue weighted by Crippen LogP contribution is -2.25. The molecular formula is C10H17N3OS. The molecule has 0 aliphatic carbocycles. The summed E-state index contributed by atoms with van der Waals surface area (Å²) in [4.78, 5) is 8.05. The van der Waals surface area contributed by atoms with Crippen LogP contribution in [0.3, 0.4) is 0 Å². The molecule has 1 N–H and O–H groups in total. The zero-order valence-electron chi connectivity index (χ0n) is 9.03. The molecule has 0 unspecified atom stereocenters. The summed E-state index contributed by atoms with van der Waals surface area (Å²) in [5.41, 5.74) is 0. The first-order valence-corrected chi connectivity index (χ1v) is 6.14. The van der Waals surface area contributed by atoms with Gasteiger partial charge in [-0.1, -0.05) is 0 Å². The Morgan fingerprint density at radius 1 is 1.53 bits per heavy atom. The molecule has 0 aromatic carbocycles. The maximum absolute atomic E-state index is 5.42. The van der Waals surface area contributed by atoms with Crippen molar-refractivity contribution in [2.24, 2.45) is 0 Å². The van der Waals surface area contributed by atoms with Gasteiger partial charge in [-0.2, -0.15) is 0 Å². The number of ether oxygens (including phenoxy) is 1. The second-order valence-corrected chi connectivity index (χ2v) is 4.69. The zero-order valence-corrected chi connectivity index (χ0v) is 9.85. The third kappa shape index (κ3) is 2.90. The molecule has 0 radical (unpaired) electrons. The standard InChI is InChI=1S/C10H17N3OS/c1-11-7-9-8-12-10(15-9)13-3-2-5-14-6-4-13/h8,11H,2-7H2,1H3. The van der Waals surface area contributed by atoms with Gasteiger partial charge >= 0.3 is 0 Å². The molecule has 84 valence electrons. The average Bonchev–Trinajstić information content (AvgIpc) is 2.53. The molecule has 15 heavy (non-hydrogen) atoms. The largest absolute Gasteiger partial charge is 0.380 e. The van der Waals surface area contributed by atoms with Gasteiger partial charge in [-0.15, -0.1) is 11.3 Å². The van der Waals surface area contributed by atoms with Crippen molar-refractivity contribution in [3.8, 4) is 0 Å². The Labute approximate surface area is 94.3 Å². The lowest BCUT2D eigenvalue weighted by Gasteiger charge is -2.17. The van der Waals surface area contributed by atoms with Gasteiger partial charge < -0.3 is 15.0 Å². The highest BCUT2D eigenvalue weighted by Gasteiger charge is 2.13. The summed E-state index contributed by atoms with van der Waals surface area (Å²) in [6.07, 6.45) is 3.06. The molecule has 1 aliphatic rings. The molecular weight excluding hydrogens is 210 g/mol. The molecule has 4 nitrogen and oxygen atoms in total. The molecule has 1 fully saturated rings. The smallest absolute Gasteiger partial charge is 0.185 e. The first-order valence-electron chi connectivity index (χ1n) is 5.32. The molecule has 5 heteroatoms. The number of nitrogens with zero attached hydrogens (tertiary/aromatic N) is 2. The lowest BCUT2D eigenvalue weighted by atomic mass is 10.4. The number of rotatable bonds is 3. The van der Waals surface area contributed by atoms with E-state index in [1.165, 1.54) is 4.88 Å². The monoisotopic (exact) mass is 227 g/mol. The molecule has 0 bridgehead atoms. The third-order valence-corrected chi connectivity index (χ3v) is 3.44. The highest BCUT2D eigenvalue weighted by molar-refractivity contribution is 7.15. The van der Waals surface area contributed by atoms with Crippen LogP contribution in [0.15, 0.2) is 6.20 Å². The summed E-state index contributed by atoms with van der Waals surface area (Å²) in [5.74, 6) is 0. The van der Waals surface area contributed by atoms with Crippen molar-refractivity contribution >= 4 is 16.5 Å². The number of hydrogen-bond acceptors (Lipinski definition) is 5. The first kappa shape index (κ1) is 10.9. The summed E-state index contributed by atoms with van der Waals surface area (Å²) < 4.78 is 5.42. The lowest BCUT2D eigenvalue weighted by molar-refractivity contribution is 0.152. The van der Waals surface area contributed by atoms with Gasteiger partial charge in [-0.25, -0.2) is 4.98 Å². The molecule has 0 amide bonds. The Morgan fingerprint density at radius 3 is 3.33 bits per heavy atom. The topological polar surface area (TPSA) is 37.4 Å². The molecule has 1 aliphatic heterocycles. The molecule has 0 saturated carbocycles. The van der Waals surface area contributed by atoms with E-state index in [0.717, 1.165) is 44.4 Å². The van der Waals surface area contributed by atoms with E-state index in [1.807, 2.05) is 13.2 Å². The third-order valence-electron chi connectivity index (χ3n) is 2.39. The maximum Gasteiger partial charge on any atom is 0.185 e. The van der Waals surface area contributed by atoms with Gasteiger partial charge in [0, 0.05) is 37.3 Å². The van der Waals surface area contributed by atoms with Gasteiger partial charge in [-0.05, 0) is 13.5 Å². The average molecular weight is 227 g/mol. The number of hydrogen-bond donors (Lipinski definition) is 1. The van der Waals surface area contributed by atoms with Crippen LogP contribution in [-0.4, -0.2) is 38.3 Å². The first-order chi connectivity index (χ1) is 7.40. The van der Waals surface area contributed by atoms with Crippen LogP contribution in [0.1, 0.15) is 11.3 Å². The molecule has 1 saturated heterocycles. The van der Waals surface area contributed by atoms with Crippen LogP contribution in [-0.2, 0) is 11.3 Å². The minimum Gasteiger partial charge on any atom is -0.380 e. The fourth-order valence-electron chi connectivity index (χ4n) is 1.64. The number of anilines is 1. The zero-order chi connectivity index (χ0) is 10.5. The van der Waals surface area contributed by atoms with E-state index in [9.17, 15) is 0 Å². The normalized spacial score (nSPS) is 17.8. The summed E-state index contributed by atoms with van der Waals surface area (Å²) >= 11 is 1.77. The summed E-state index contributed by atoms with van der Waals surface area (Å²) in [5, 5.41) is 4.27. The highest BCUT2D eigenvalue weighted by atomic mass is 32.1. The Bertz CT molecular complexity index is 295. The van der Waals surface area contributed by atoms with Gasteiger partial charge in [0.15, 0.2) is 5.13 Å². The molecule has 2 heterocycles. The van der Waals surface area contributed by atoms with E-state index in [1.54, 1.807) is 11.3 Å². The van der Waals surface area contributed by atoms with Crippen molar-refractivity contribution in [2.45, 2.75) is 13.0 Å². The number of nitrogens with one attached hydrogen (secondary N) is 1. The predicted octanol–water partition coefficient (Wildman–Crippen LogP) is 1.09. The minimum absolute atomic E-state index is 0.820. The van der Waals surface area contributed by atoms with Crippen LogP contribution in [0.2, 0.25) is 0 Å². The van der Waals surface area contributed by atoms with Crippen molar-refractivity contribution in [3.63, 3.8) is 0 Å². The molecule has 1 aromatic rings. The van der Waals surface area contributed by atoms with Gasteiger partial charge in [-0.3, -0.25) is 0 Å². The minimum atomic E-state index is 0.820. The van der Waals surface area contributed by atoms with Gasteiger partial charge in [0.1, 0.15) is 0 Å². The van der Waals surface area contributed by atoms with Crippen LogP contribution < -0.4 is 10.2 Å². The van der Waals surface area contributed by atoms with Crippen LogP contribution in [0.25, 0.3) is 0 Å². The van der Waals surface area contributed by atoms with Crippen molar-refractivity contribution in [3.05, 3.63) is 11.1 Å². The van der Waals surface area contributed by atoms with Crippen molar-refractivity contribution in [2.75, 3.05) is 38.3 Å². The van der Waals surface area contributed by atoms with E-state index < -0.39 is 0 Å². The van der Waals surface area contributed by atoms with E-state index in [-0.39, 0.29) is 0 Å². The Morgan fingerprint density at radius 2 is 2.47 bits per heavy atom. The quantitative estimate of drug-likeness (QED) is 0.839. The van der Waals surface area contributed by atoms with Crippen LogP contribution in [0.5, 0.6) is 0 Å². The molecule has 0 spiro atoms. The summed E-state index contributed by atoms with van der Waals surface area (Å²) in [7, 11) is 1.96. The fourth-order valence-corrected chi connectivity index (χ4v) is 2.61. The van der Waals surface area contributed by atoms with Crippen molar-refractivity contribution in [1.82, 2.24) is 10.3 Å². The Kier molecular flexibility index (Phi) is 3.94. The van der Waals surface area contributed by atoms with Crippen molar-refractivity contribution < 1.29 is 4.74 Å². The van der Waals surface area contributed by atoms with Gasteiger partial charge in [0.25, 0.3) is 0 Å². The molecule has 0 atom stereocenters. The van der Waals surface area contributed by atoms with Crippen LogP contribution >= 0.6 is 11.3 Å². The fraction of sp³-hybridized carbons (Fsp3) is 0.700. The van der Waals surface area contributed by atoms with E-state index in [4.69, 9.17) is 4.74 Å². The summed E-state index contributed by atoms with van der Waals surface area (Å²) in [6, 6.07) is 0. The van der Waals surface area contributed by atoms with Crippen molar-refractivity contribution in [1.29, 1.82) is 0 Å². The second-order valence-electron chi connectivity index (χ2n) is 3.59. The molecule has 2 rings (SSSR count). The summed E-state index contributed by atoms with van der Waals surface area (Å²) in [6.45, 7) is 4.63. The second kappa shape index (κ2) is 5.44. The van der Waals surface area contributed by atoms with Gasteiger partial charge in [0.05, 0.1) is 6.61 Å². The number of aromatic nitrogens is 1. The van der Waals surface area contributed by atoms with Crippen LogP contribution in [0, 0.1) is 0 Å². The predicted molar refractivity (Wildman–Crippen MR) is 62.5 cm³/mol. The molecule has 1 aromatic heterocycles. The highest BCUT2D eigenvalue weighted by Crippen LogP contribution is 2.23. The van der Waals surface area contributed by atoms with Gasteiger partial charge in [0.2, 0.25) is 0 Å². The Hall–Kier alpha value is -0.650. The van der Waals surface area contributed by atoms with E-state index in [0.29, 0.717) is 0 Å². The Balaban J connectivity index is 2.00. The number of thiazole rings is 1. The van der Waals surface area contributed by atoms with E-state index in [2.05, 4.69) is 15.2 Å².